The summed E-state index contributed by atoms with van der Waals surface area (Å²) in [5.74, 6) is 0.406. The van der Waals surface area contributed by atoms with Crippen LogP contribution in [0.15, 0.2) is 47.3 Å². The van der Waals surface area contributed by atoms with E-state index in [1.165, 1.54) is 0 Å². The quantitative estimate of drug-likeness (QED) is 0.471. The van der Waals surface area contributed by atoms with Crippen molar-refractivity contribution in [1.29, 1.82) is 0 Å². The first-order chi connectivity index (χ1) is 16.1. The monoisotopic (exact) mass is 461 g/mol. The lowest BCUT2D eigenvalue weighted by Gasteiger charge is -2.27. The molecular weight excluding hydrogens is 430 g/mol. The van der Waals surface area contributed by atoms with Crippen molar-refractivity contribution in [3.05, 3.63) is 69.6 Å². The number of aryl methyl sites for hydroxylation is 2. The lowest BCUT2D eigenvalue weighted by molar-refractivity contribution is -0.124. The van der Waals surface area contributed by atoms with E-state index in [1.807, 2.05) is 65.0 Å². The van der Waals surface area contributed by atoms with E-state index in [0.29, 0.717) is 34.5 Å². The fourth-order valence-electron chi connectivity index (χ4n) is 4.23. The smallest absolute Gasteiger partial charge is 0.280 e. The second-order valence-corrected chi connectivity index (χ2v) is 9.63. The summed E-state index contributed by atoms with van der Waals surface area (Å²) < 4.78 is 8.50. The van der Waals surface area contributed by atoms with Crippen LogP contribution in [0, 0.1) is 6.92 Å². The van der Waals surface area contributed by atoms with Gasteiger partial charge in [-0.25, -0.2) is 4.52 Å². The predicted octanol–water partition coefficient (Wildman–Crippen LogP) is 3.82. The molecule has 0 aliphatic heterocycles. The van der Waals surface area contributed by atoms with E-state index < -0.39 is 11.6 Å². The molecule has 0 spiro atoms. The zero-order valence-corrected chi connectivity index (χ0v) is 20.5. The molecule has 0 bridgehead atoms. The summed E-state index contributed by atoms with van der Waals surface area (Å²) in [6.45, 7) is 9.75. The number of carbonyl (C=O) groups excluding carboxylic acids is 1. The van der Waals surface area contributed by atoms with Gasteiger partial charge in [-0.05, 0) is 69.5 Å². The van der Waals surface area contributed by atoms with E-state index in [4.69, 9.17) is 4.74 Å². The number of nitrogens with zero attached hydrogens (tertiary/aromatic N) is 4. The first-order valence-corrected chi connectivity index (χ1v) is 11.5. The van der Waals surface area contributed by atoms with Crippen LogP contribution in [0.5, 0.6) is 5.75 Å². The Hall–Kier alpha value is -3.68. The summed E-state index contributed by atoms with van der Waals surface area (Å²) in [6, 6.07) is 12.2. The molecule has 34 heavy (non-hydrogen) atoms. The van der Waals surface area contributed by atoms with Crippen molar-refractivity contribution in [2.45, 2.75) is 59.0 Å². The highest BCUT2D eigenvalue weighted by Gasteiger charge is 2.30. The summed E-state index contributed by atoms with van der Waals surface area (Å²) in [4.78, 5) is 27.8. The van der Waals surface area contributed by atoms with Gasteiger partial charge in [0, 0.05) is 5.54 Å². The van der Waals surface area contributed by atoms with E-state index in [9.17, 15) is 9.59 Å². The largest absolute Gasteiger partial charge is 0.497 e. The molecular formula is C26H31N5O3. The van der Waals surface area contributed by atoms with Gasteiger partial charge in [0.25, 0.3) is 5.56 Å². The molecule has 8 nitrogen and oxygen atoms in total. The van der Waals surface area contributed by atoms with Crippen molar-refractivity contribution < 1.29 is 9.53 Å². The van der Waals surface area contributed by atoms with Crippen LogP contribution in [0.3, 0.4) is 0 Å². The first kappa shape index (κ1) is 23.5. The maximum absolute atomic E-state index is 14.1. The molecule has 0 radical (unpaired) electrons. The molecule has 1 unspecified atom stereocenters. The van der Waals surface area contributed by atoms with E-state index in [1.54, 1.807) is 28.3 Å². The number of methoxy groups -OCH3 is 1. The Labute approximate surface area is 198 Å². The van der Waals surface area contributed by atoms with E-state index in [-0.39, 0.29) is 11.5 Å². The summed E-state index contributed by atoms with van der Waals surface area (Å²) in [5, 5.41) is 11.7. The van der Waals surface area contributed by atoms with Crippen molar-refractivity contribution in [3.8, 4) is 5.75 Å². The van der Waals surface area contributed by atoms with Crippen LogP contribution in [0.4, 0.5) is 0 Å². The van der Waals surface area contributed by atoms with Gasteiger partial charge in [0.15, 0.2) is 5.52 Å². The fourth-order valence-corrected chi connectivity index (χ4v) is 4.23. The SMILES string of the molecule is CCCc1nnn2c1c(=O)n(C(C(=O)NC(C)(C)C)c1ccc(OC)cc1)c1cc(C)ccc12. The van der Waals surface area contributed by atoms with Crippen molar-refractivity contribution in [2.24, 2.45) is 0 Å². The zero-order valence-electron chi connectivity index (χ0n) is 20.5. The molecule has 1 atom stereocenters. The number of benzene rings is 2. The highest BCUT2D eigenvalue weighted by atomic mass is 16.5. The molecule has 2 aromatic heterocycles. The third-order valence-electron chi connectivity index (χ3n) is 5.70. The van der Waals surface area contributed by atoms with Crippen LogP contribution in [-0.4, -0.2) is 38.0 Å². The van der Waals surface area contributed by atoms with Crippen molar-refractivity contribution in [2.75, 3.05) is 7.11 Å². The Bertz CT molecular complexity index is 1410. The van der Waals surface area contributed by atoms with Crippen LogP contribution in [0.25, 0.3) is 16.6 Å². The normalized spacial score (nSPS) is 12.8. The van der Waals surface area contributed by atoms with Crippen LogP contribution in [0.1, 0.15) is 57.0 Å². The number of hydrogen-bond donors (Lipinski definition) is 1. The number of fused-ring (bicyclic) bond motifs is 3. The molecule has 1 amide bonds. The highest BCUT2D eigenvalue weighted by molar-refractivity contribution is 5.88. The van der Waals surface area contributed by atoms with Gasteiger partial charge < -0.3 is 10.1 Å². The summed E-state index contributed by atoms with van der Waals surface area (Å²) in [5.41, 5.74) is 3.25. The number of amides is 1. The molecule has 2 heterocycles. The topological polar surface area (TPSA) is 90.5 Å². The lowest BCUT2D eigenvalue weighted by Crippen LogP contribution is -2.46. The molecule has 0 fully saturated rings. The Morgan fingerprint density at radius 3 is 2.44 bits per heavy atom. The van der Waals surface area contributed by atoms with Gasteiger partial charge in [-0.3, -0.25) is 14.2 Å². The summed E-state index contributed by atoms with van der Waals surface area (Å²) >= 11 is 0. The molecule has 4 aromatic rings. The van der Waals surface area contributed by atoms with Crippen molar-refractivity contribution >= 4 is 22.5 Å². The predicted molar refractivity (Wildman–Crippen MR) is 133 cm³/mol. The minimum atomic E-state index is -0.892. The number of ether oxygens (including phenoxy) is 1. The standard InChI is InChI=1S/C26H31N5O3/c1-7-8-19-23-25(33)30(21-15-16(2)9-14-20(21)31(23)29-28-19)22(24(32)27-26(3,4)5)17-10-12-18(34-6)13-11-17/h9-15,22H,7-8H2,1-6H3,(H,27,32). The molecule has 8 heteroatoms. The third-order valence-corrected chi connectivity index (χ3v) is 5.70. The van der Waals surface area contributed by atoms with Gasteiger partial charge >= 0.3 is 0 Å². The van der Waals surface area contributed by atoms with Crippen molar-refractivity contribution in [3.63, 3.8) is 0 Å². The van der Waals surface area contributed by atoms with E-state index >= 15 is 0 Å². The highest BCUT2D eigenvalue weighted by Crippen LogP contribution is 2.27. The Morgan fingerprint density at radius 2 is 1.82 bits per heavy atom. The molecule has 178 valence electrons. The lowest BCUT2D eigenvalue weighted by atomic mass is 10.0. The number of aromatic nitrogens is 4. The Balaban J connectivity index is 2.09. The van der Waals surface area contributed by atoms with Gasteiger partial charge in [-0.1, -0.05) is 36.8 Å². The van der Waals surface area contributed by atoms with Gasteiger partial charge in [0.1, 0.15) is 11.8 Å². The Morgan fingerprint density at radius 1 is 1.12 bits per heavy atom. The van der Waals surface area contributed by atoms with E-state index in [2.05, 4.69) is 15.6 Å². The van der Waals surface area contributed by atoms with Crippen LogP contribution < -0.4 is 15.6 Å². The van der Waals surface area contributed by atoms with Gasteiger partial charge in [0.05, 0.1) is 23.8 Å². The molecule has 4 rings (SSSR count). The second kappa shape index (κ2) is 8.93. The van der Waals surface area contributed by atoms with Crippen molar-refractivity contribution in [1.82, 2.24) is 24.7 Å². The summed E-state index contributed by atoms with van der Waals surface area (Å²) in [6.07, 6.45) is 1.45. The molecule has 0 saturated heterocycles. The molecule has 0 aliphatic rings. The van der Waals surface area contributed by atoms with E-state index in [0.717, 1.165) is 17.5 Å². The fraction of sp³-hybridized carbons (Fsp3) is 0.385. The minimum Gasteiger partial charge on any atom is -0.497 e. The maximum Gasteiger partial charge on any atom is 0.280 e. The second-order valence-electron chi connectivity index (χ2n) is 9.63. The summed E-state index contributed by atoms with van der Waals surface area (Å²) in [7, 11) is 1.59. The molecule has 2 aromatic carbocycles. The van der Waals surface area contributed by atoms with Gasteiger partial charge in [0.2, 0.25) is 5.91 Å². The van der Waals surface area contributed by atoms with Crippen LogP contribution in [0.2, 0.25) is 0 Å². The maximum atomic E-state index is 14.1. The van der Waals surface area contributed by atoms with Gasteiger partial charge in [-0.2, -0.15) is 0 Å². The average molecular weight is 462 g/mol. The number of hydrogen-bond acceptors (Lipinski definition) is 5. The number of nitrogens with one attached hydrogen (secondary N) is 1. The third kappa shape index (κ3) is 4.27. The van der Waals surface area contributed by atoms with Gasteiger partial charge in [-0.15, -0.1) is 5.10 Å². The Kier molecular flexibility index (Phi) is 6.17. The number of rotatable bonds is 6. The van der Waals surface area contributed by atoms with Crippen LogP contribution in [-0.2, 0) is 11.2 Å². The zero-order chi connectivity index (χ0) is 24.6. The molecule has 0 saturated carbocycles. The molecule has 0 aliphatic carbocycles. The average Bonchev–Trinajstić information content (AvgIpc) is 3.19. The first-order valence-electron chi connectivity index (χ1n) is 11.5. The van der Waals surface area contributed by atoms with Crippen LogP contribution >= 0.6 is 0 Å². The number of carbonyl (C=O) groups is 1. The molecule has 1 N–H and O–H groups in total. The minimum absolute atomic E-state index is 0.267.